The van der Waals surface area contributed by atoms with E-state index in [-0.39, 0.29) is 12.3 Å². The predicted octanol–water partition coefficient (Wildman–Crippen LogP) is 17.3. The highest BCUT2D eigenvalue weighted by Crippen LogP contribution is 2.30. The number of nitrogens with two attached hydrogens (primary N) is 1. The lowest BCUT2D eigenvalue weighted by Crippen LogP contribution is -2.11. The van der Waals surface area contributed by atoms with Gasteiger partial charge in [0.05, 0.1) is 11.1 Å². The van der Waals surface area contributed by atoms with Crippen molar-refractivity contribution >= 4 is 23.3 Å². The van der Waals surface area contributed by atoms with E-state index >= 15 is 0 Å². The number of hydrogen-bond donors (Lipinski definition) is 3. The molecule has 65 heavy (non-hydrogen) atoms. The zero-order chi connectivity index (χ0) is 48.3. The fraction of sp³-hybridized carbons (Fsp3) is 0.444. The van der Waals surface area contributed by atoms with Crippen molar-refractivity contribution in [3.63, 3.8) is 0 Å². The Hall–Kier alpha value is -5.32. The number of carbonyl (C=O) groups is 2. The number of nitrogen functional groups attached to an aromatic ring is 1. The molecule has 0 aliphatic carbocycles. The summed E-state index contributed by atoms with van der Waals surface area (Å²) in [4.78, 5) is 22.2. The Morgan fingerprint density at radius 2 is 0.785 bits per heavy atom. The van der Waals surface area contributed by atoms with E-state index < -0.39 is 29.4 Å². The lowest BCUT2D eigenvalue weighted by atomic mass is 10.2. The van der Waals surface area contributed by atoms with Gasteiger partial charge < -0.3 is 16.2 Å². The maximum Gasteiger partial charge on any atom is 0.416 e. The molecule has 1 amide bonds. The number of unbranched alkanes of at least 4 members (excludes halogenated alkanes) is 8. The molecule has 2 aromatic carbocycles. The first-order valence-corrected chi connectivity index (χ1v) is 23.0. The van der Waals surface area contributed by atoms with Crippen LogP contribution in [-0.4, -0.2) is 17.0 Å². The van der Waals surface area contributed by atoms with Gasteiger partial charge in [0, 0.05) is 24.2 Å². The van der Waals surface area contributed by atoms with E-state index in [0.717, 1.165) is 82.1 Å². The SMILES string of the molecule is CCCCC/C=C\C/C=C\C/C=C\C/C=C\CCCC(=O)Nc1ccc(C(F)(F)F)cc1.CCCCC/C=C\C/C=C\C/C=C\C/C=C\CCCC(=O)O.Nc1ccc(C(F)(F)F)cc1. The van der Waals surface area contributed by atoms with Crippen molar-refractivity contribution < 1.29 is 41.0 Å². The first-order valence-electron chi connectivity index (χ1n) is 23.0. The standard InChI is InChI=1S/C27H36F3NO.C20H32O2.C7H6F3N/c1-2-3-4-5-6-7-8-9-10-11-12-13-14-15-16-17-18-19-26(32)31-25-22-20-24(21-23-25)27(28,29)30;1-2-3-4-5-6-7-8-9-10-11-12-13-14-15-16-17-18-19-20(21)22;8-7(9,10)5-1-3-6(11)4-2-5/h6-7,9-10,12-13,15-16,20-23H,2-5,8,11,14,17-19H2,1H3,(H,31,32);6-7,9-10,12-13,15-16H,2-5,8,11,14,17-19H2,1H3,(H,21,22);1-4H,11H2/b2*7-6-,10-9-,13-12-,16-15-;. The summed E-state index contributed by atoms with van der Waals surface area (Å²) in [5, 5.41) is 11.1. The average Bonchev–Trinajstić information content (AvgIpc) is 3.26. The molecule has 4 N–H and O–H groups in total. The summed E-state index contributed by atoms with van der Waals surface area (Å²) in [5.74, 6) is -0.906. The molecule has 0 bridgehead atoms. The Morgan fingerprint density at radius 1 is 0.477 bits per heavy atom. The number of halogens is 6. The number of aliphatic carboxylic acids is 1. The van der Waals surface area contributed by atoms with Gasteiger partial charge in [0.2, 0.25) is 5.91 Å². The van der Waals surface area contributed by atoms with Crippen molar-refractivity contribution in [3.05, 3.63) is 157 Å². The average molecular weight is 913 g/mol. The third-order valence-electron chi connectivity index (χ3n) is 9.19. The molecule has 0 radical (unpaired) electrons. The van der Waals surface area contributed by atoms with Gasteiger partial charge in [-0.1, -0.05) is 137 Å². The van der Waals surface area contributed by atoms with Gasteiger partial charge in [-0.2, -0.15) is 26.3 Å². The van der Waals surface area contributed by atoms with Crippen molar-refractivity contribution in [2.45, 2.75) is 155 Å². The molecule has 0 aliphatic heterocycles. The first kappa shape index (κ1) is 59.7. The normalized spacial score (nSPS) is 12.4. The van der Waals surface area contributed by atoms with Crippen LogP contribution in [0, 0.1) is 0 Å². The molecule has 2 aromatic rings. The molecule has 5 nitrogen and oxygen atoms in total. The number of rotatable bonds is 29. The van der Waals surface area contributed by atoms with Gasteiger partial charge in [-0.15, -0.1) is 0 Å². The fourth-order valence-corrected chi connectivity index (χ4v) is 5.51. The third kappa shape index (κ3) is 40.0. The van der Waals surface area contributed by atoms with Crippen molar-refractivity contribution in [2.75, 3.05) is 11.1 Å². The largest absolute Gasteiger partial charge is 0.481 e. The molecule has 2 rings (SSSR count). The minimum absolute atomic E-state index is 0.194. The maximum atomic E-state index is 12.5. The maximum absolute atomic E-state index is 12.5. The number of carboxylic acids is 1. The molecule has 0 fully saturated rings. The molecule has 0 saturated heterocycles. The van der Waals surface area contributed by atoms with Gasteiger partial charge in [0.15, 0.2) is 0 Å². The monoisotopic (exact) mass is 913 g/mol. The second kappa shape index (κ2) is 40.2. The van der Waals surface area contributed by atoms with Gasteiger partial charge in [-0.25, -0.2) is 0 Å². The molecule has 0 spiro atoms. The van der Waals surface area contributed by atoms with Crippen LogP contribution in [0.1, 0.15) is 153 Å². The van der Waals surface area contributed by atoms with Crippen LogP contribution >= 0.6 is 0 Å². The van der Waals surface area contributed by atoms with Crippen LogP contribution in [0.5, 0.6) is 0 Å². The van der Waals surface area contributed by atoms with Crippen molar-refractivity contribution in [3.8, 4) is 0 Å². The number of anilines is 2. The van der Waals surface area contributed by atoms with E-state index in [2.05, 4.69) is 116 Å². The van der Waals surface area contributed by atoms with E-state index in [9.17, 15) is 35.9 Å². The van der Waals surface area contributed by atoms with Crippen LogP contribution in [0.2, 0.25) is 0 Å². The molecule has 0 unspecified atom stereocenters. The van der Waals surface area contributed by atoms with Crippen molar-refractivity contribution in [1.29, 1.82) is 0 Å². The number of benzene rings is 2. The van der Waals surface area contributed by atoms with Gasteiger partial charge in [-0.05, 0) is 138 Å². The molecule has 0 heterocycles. The predicted molar refractivity (Wildman–Crippen MR) is 260 cm³/mol. The van der Waals surface area contributed by atoms with E-state index in [4.69, 9.17) is 10.8 Å². The van der Waals surface area contributed by atoms with E-state index in [1.807, 2.05) is 0 Å². The van der Waals surface area contributed by atoms with Crippen LogP contribution in [-0.2, 0) is 21.9 Å². The third-order valence-corrected chi connectivity index (χ3v) is 9.19. The Labute approximate surface area is 385 Å². The van der Waals surface area contributed by atoms with Gasteiger partial charge in [0.1, 0.15) is 0 Å². The molecule has 11 heteroatoms. The smallest absolute Gasteiger partial charge is 0.416 e. The lowest BCUT2D eigenvalue weighted by molar-refractivity contribution is -0.138. The second-order valence-corrected chi connectivity index (χ2v) is 15.1. The molecule has 360 valence electrons. The van der Waals surface area contributed by atoms with Crippen molar-refractivity contribution in [1.82, 2.24) is 0 Å². The minimum atomic E-state index is -4.37. The fourth-order valence-electron chi connectivity index (χ4n) is 5.51. The number of alkyl halides is 6. The molecule has 0 saturated carbocycles. The first-order chi connectivity index (χ1) is 31.2. The summed E-state index contributed by atoms with van der Waals surface area (Å²) in [6.07, 6.45) is 45.6. The zero-order valence-electron chi connectivity index (χ0n) is 38.6. The molecular weight excluding hydrogens is 839 g/mol. The van der Waals surface area contributed by atoms with Crippen LogP contribution in [0.25, 0.3) is 0 Å². The lowest BCUT2D eigenvalue weighted by Gasteiger charge is -2.08. The van der Waals surface area contributed by atoms with Crippen LogP contribution < -0.4 is 11.1 Å². The summed E-state index contributed by atoms with van der Waals surface area (Å²) in [6.45, 7) is 4.45. The van der Waals surface area contributed by atoms with Crippen LogP contribution in [0.4, 0.5) is 37.7 Å². The highest BCUT2D eigenvalue weighted by molar-refractivity contribution is 5.90. The highest BCUT2D eigenvalue weighted by atomic mass is 19.4. The Kier molecular flexibility index (Phi) is 36.9. The summed E-state index contributed by atoms with van der Waals surface area (Å²) < 4.78 is 73.2. The van der Waals surface area contributed by atoms with E-state index in [1.54, 1.807) is 0 Å². The molecule has 0 atom stereocenters. The minimum Gasteiger partial charge on any atom is -0.481 e. The number of hydrogen-bond acceptors (Lipinski definition) is 3. The number of allylic oxidation sites excluding steroid dienone is 16. The number of amides is 1. The van der Waals surface area contributed by atoms with Gasteiger partial charge in [-0.3, -0.25) is 9.59 Å². The van der Waals surface area contributed by atoms with E-state index in [0.29, 0.717) is 24.2 Å². The molecular formula is C54H74F6N2O3. The zero-order valence-corrected chi connectivity index (χ0v) is 38.6. The molecule has 0 aliphatic rings. The molecule has 0 aromatic heterocycles. The van der Waals surface area contributed by atoms with Crippen LogP contribution in [0.15, 0.2) is 146 Å². The quantitative estimate of drug-likeness (QED) is 0.0328. The summed E-state index contributed by atoms with van der Waals surface area (Å²) in [7, 11) is 0. The van der Waals surface area contributed by atoms with Gasteiger partial charge >= 0.3 is 18.3 Å². The van der Waals surface area contributed by atoms with Crippen molar-refractivity contribution in [2.24, 2.45) is 0 Å². The summed E-state index contributed by atoms with van der Waals surface area (Å²) in [5.41, 5.74) is 4.51. The van der Waals surface area contributed by atoms with Gasteiger partial charge in [0.25, 0.3) is 0 Å². The second-order valence-electron chi connectivity index (χ2n) is 15.1. The number of nitrogens with one attached hydrogen (secondary N) is 1. The number of carboxylic acid groups (broad SMARTS) is 1. The highest BCUT2D eigenvalue weighted by Gasteiger charge is 2.30. The Bertz CT molecular complexity index is 1730. The summed E-state index contributed by atoms with van der Waals surface area (Å²) >= 11 is 0. The van der Waals surface area contributed by atoms with Crippen LogP contribution in [0.3, 0.4) is 0 Å². The summed E-state index contributed by atoms with van der Waals surface area (Å²) in [6, 6.07) is 8.83. The Morgan fingerprint density at radius 3 is 1.11 bits per heavy atom. The number of carbonyl (C=O) groups excluding carboxylic acids is 1. The van der Waals surface area contributed by atoms with E-state index in [1.165, 1.54) is 75.6 Å². The topological polar surface area (TPSA) is 92.4 Å². The Balaban J connectivity index is 0.00000106.